The van der Waals surface area contributed by atoms with Crippen LogP contribution in [0.25, 0.3) is 0 Å². The minimum atomic E-state index is -0.678. The average Bonchev–Trinajstić information content (AvgIpc) is 2.54. The molecule has 1 heterocycles. The maximum atomic E-state index is 12.3. The fraction of sp³-hybridized carbons (Fsp3) is 0.733. The summed E-state index contributed by atoms with van der Waals surface area (Å²) in [7, 11) is 3.43. The van der Waals surface area contributed by atoms with Gasteiger partial charge >= 0.3 is 0 Å². The van der Waals surface area contributed by atoms with Crippen LogP contribution in [0.15, 0.2) is 0 Å². The maximum absolute atomic E-state index is 12.3. The highest BCUT2D eigenvalue weighted by Crippen LogP contribution is 2.12. The molecule has 1 saturated heterocycles. The molecule has 0 saturated carbocycles. The number of carbonyl (C=O) groups is 3. The topological polar surface area (TPSA) is 106 Å². The van der Waals surface area contributed by atoms with E-state index in [0.29, 0.717) is 18.8 Å². The van der Waals surface area contributed by atoms with E-state index in [1.54, 1.807) is 14.0 Å². The number of hydrogen-bond donors (Lipinski definition) is 3. The zero-order valence-corrected chi connectivity index (χ0v) is 14.3. The molecular weight excluding hydrogens is 298 g/mol. The van der Waals surface area contributed by atoms with Gasteiger partial charge in [-0.15, -0.1) is 0 Å². The van der Waals surface area contributed by atoms with Crippen molar-refractivity contribution in [2.75, 3.05) is 27.2 Å². The molecule has 1 aliphatic rings. The Labute approximate surface area is 137 Å². The van der Waals surface area contributed by atoms with E-state index in [1.807, 2.05) is 11.9 Å². The molecule has 2 atom stereocenters. The first-order valence-corrected chi connectivity index (χ1v) is 7.79. The van der Waals surface area contributed by atoms with Gasteiger partial charge in [-0.3, -0.25) is 19.8 Å². The molecule has 23 heavy (non-hydrogen) atoms. The summed E-state index contributed by atoms with van der Waals surface area (Å²) in [6.07, 6.45) is 1.72. The van der Waals surface area contributed by atoms with E-state index in [9.17, 15) is 14.4 Å². The second-order valence-corrected chi connectivity index (χ2v) is 6.02. The molecule has 0 aromatic rings. The average molecular weight is 325 g/mol. The first kappa shape index (κ1) is 18.9. The molecule has 3 amide bonds. The van der Waals surface area contributed by atoms with Crippen molar-refractivity contribution in [3.05, 3.63) is 0 Å². The van der Waals surface area contributed by atoms with Crippen LogP contribution in [0, 0.1) is 5.41 Å². The quantitative estimate of drug-likeness (QED) is 0.454. The van der Waals surface area contributed by atoms with Crippen LogP contribution in [-0.2, 0) is 14.4 Å². The standard InChI is InChI=1S/C15H27N5O3/c1-10(16)19(3)7-5-6-12-8-14(22)20(4)13(15(23)18-12)9-17-11(2)21/h12-13,16H,5-9H2,1-4H3,(H,17,21)(H,18,23). The lowest BCUT2D eigenvalue weighted by atomic mass is 10.1. The predicted molar refractivity (Wildman–Crippen MR) is 87.1 cm³/mol. The Morgan fingerprint density at radius 1 is 1.43 bits per heavy atom. The lowest BCUT2D eigenvalue weighted by Crippen LogP contribution is -2.51. The number of amides is 3. The van der Waals surface area contributed by atoms with Crippen molar-refractivity contribution in [2.24, 2.45) is 0 Å². The first-order chi connectivity index (χ1) is 10.7. The fourth-order valence-electron chi connectivity index (χ4n) is 2.44. The fourth-order valence-corrected chi connectivity index (χ4v) is 2.44. The molecule has 0 aromatic carbocycles. The summed E-state index contributed by atoms with van der Waals surface area (Å²) >= 11 is 0. The van der Waals surface area contributed by atoms with Crippen molar-refractivity contribution >= 4 is 23.6 Å². The molecule has 8 heteroatoms. The third-order valence-corrected chi connectivity index (χ3v) is 4.09. The van der Waals surface area contributed by atoms with Crippen molar-refractivity contribution < 1.29 is 14.4 Å². The van der Waals surface area contributed by atoms with Crippen molar-refractivity contribution in [2.45, 2.75) is 45.2 Å². The minimum Gasteiger partial charge on any atom is -0.364 e. The lowest BCUT2D eigenvalue weighted by Gasteiger charge is -2.24. The van der Waals surface area contributed by atoms with Gasteiger partial charge in [-0.05, 0) is 19.8 Å². The largest absolute Gasteiger partial charge is 0.364 e. The Hall–Kier alpha value is -2.12. The number of likely N-dealkylation sites (N-methyl/N-ethyl adjacent to an activating group) is 1. The Morgan fingerprint density at radius 3 is 2.65 bits per heavy atom. The Bertz CT molecular complexity index is 480. The van der Waals surface area contributed by atoms with Crippen LogP contribution in [0.2, 0.25) is 0 Å². The minimum absolute atomic E-state index is 0.111. The van der Waals surface area contributed by atoms with Crippen LogP contribution in [0.3, 0.4) is 0 Å². The molecule has 2 unspecified atom stereocenters. The molecule has 0 radical (unpaired) electrons. The number of nitrogens with zero attached hydrogens (tertiary/aromatic N) is 2. The monoisotopic (exact) mass is 325 g/mol. The summed E-state index contributed by atoms with van der Waals surface area (Å²) in [6.45, 7) is 3.92. The molecule has 8 nitrogen and oxygen atoms in total. The summed E-state index contributed by atoms with van der Waals surface area (Å²) in [5.41, 5.74) is 0. The van der Waals surface area contributed by atoms with Gasteiger partial charge in [0.2, 0.25) is 17.7 Å². The molecule has 1 rings (SSSR count). The van der Waals surface area contributed by atoms with Gasteiger partial charge in [-0.2, -0.15) is 0 Å². The molecule has 0 bridgehead atoms. The summed E-state index contributed by atoms with van der Waals surface area (Å²) in [5.74, 6) is -0.0976. The highest BCUT2D eigenvalue weighted by atomic mass is 16.2. The molecule has 1 fully saturated rings. The van der Waals surface area contributed by atoms with Gasteiger partial charge in [0, 0.05) is 46.6 Å². The van der Waals surface area contributed by atoms with Crippen molar-refractivity contribution in [3.8, 4) is 0 Å². The van der Waals surface area contributed by atoms with Crippen LogP contribution >= 0.6 is 0 Å². The van der Waals surface area contributed by atoms with Gasteiger partial charge in [-0.25, -0.2) is 0 Å². The van der Waals surface area contributed by atoms with Gasteiger partial charge in [0.1, 0.15) is 6.04 Å². The van der Waals surface area contributed by atoms with E-state index in [0.717, 1.165) is 6.42 Å². The highest BCUT2D eigenvalue weighted by molar-refractivity contribution is 5.91. The Morgan fingerprint density at radius 2 is 2.09 bits per heavy atom. The SMILES string of the molecule is CC(=N)N(C)CCCC1CC(=O)N(C)C(CNC(C)=O)C(=O)N1. The molecular formula is C15H27N5O3. The van der Waals surface area contributed by atoms with Gasteiger partial charge in [0.15, 0.2) is 0 Å². The molecule has 0 spiro atoms. The molecule has 0 aromatic heterocycles. The van der Waals surface area contributed by atoms with Gasteiger partial charge < -0.3 is 20.4 Å². The second-order valence-electron chi connectivity index (χ2n) is 6.02. The van der Waals surface area contributed by atoms with E-state index in [2.05, 4.69) is 10.6 Å². The lowest BCUT2D eigenvalue weighted by molar-refractivity contribution is -0.136. The van der Waals surface area contributed by atoms with Crippen LogP contribution in [-0.4, -0.2) is 72.6 Å². The van der Waals surface area contributed by atoms with Gasteiger partial charge in [0.05, 0.1) is 5.84 Å². The molecule has 3 N–H and O–H groups in total. The van der Waals surface area contributed by atoms with Crippen molar-refractivity contribution in [1.29, 1.82) is 5.41 Å². The first-order valence-electron chi connectivity index (χ1n) is 7.79. The summed E-state index contributed by atoms with van der Waals surface area (Å²) in [6, 6.07) is -0.887. The van der Waals surface area contributed by atoms with Gasteiger partial charge in [-0.1, -0.05) is 0 Å². The number of amidine groups is 1. The number of nitrogens with one attached hydrogen (secondary N) is 3. The molecule has 130 valence electrons. The van der Waals surface area contributed by atoms with Gasteiger partial charge in [0.25, 0.3) is 0 Å². The third-order valence-electron chi connectivity index (χ3n) is 4.09. The number of hydrogen-bond acceptors (Lipinski definition) is 4. The normalized spacial score (nSPS) is 21.5. The number of carbonyl (C=O) groups excluding carboxylic acids is 3. The molecule has 1 aliphatic heterocycles. The van der Waals surface area contributed by atoms with E-state index >= 15 is 0 Å². The van der Waals surface area contributed by atoms with E-state index < -0.39 is 6.04 Å². The second kappa shape index (κ2) is 8.50. The maximum Gasteiger partial charge on any atom is 0.244 e. The Kier molecular flexibility index (Phi) is 6.99. The van der Waals surface area contributed by atoms with Crippen LogP contribution < -0.4 is 10.6 Å². The van der Waals surface area contributed by atoms with Crippen molar-refractivity contribution in [3.63, 3.8) is 0 Å². The van der Waals surface area contributed by atoms with Crippen molar-refractivity contribution in [1.82, 2.24) is 20.4 Å². The zero-order chi connectivity index (χ0) is 17.6. The summed E-state index contributed by atoms with van der Waals surface area (Å²) < 4.78 is 0. The summed E-state index contributed by atoms with van der Waals surface area (Å²) in [4.78, 5) is 38.8. The molecule has 0 aliphatic carbocycles. The third kappa shape index (κ3) is 5.88. The van der Waals surface area contributed by atoms with Crippen LogP contribution in [0.4, 0.5) is 0 Å². The highest BCUT2D eigenvalue weighted by Gasteiger charge is 2.33. The van der Waals surface area contributed by atoms with Crippen LogP contribution in [0.5, 0.6) is 0 Å². The van der Waals surface area contributed by atoms with E-state index in [-0.39, 0.29) is 36.7 Å². The predicted octanol–water partition coefficient (Wildman–Crippen LogP) is -0.453. The van der Waals surface area contributed by atoms with E-state index in [4.69, 9.17) is 5.41 Å². The smallest absolute Gasteiger partial charge is 0.244 e. The Balaban J connectivity index is 2.59. The number of rotatable bonds is 6. The van der Waals surface area contributed by atoms with E-state index in [1.165, 1.54) is 11.8 Å². The zero-order valence-electron chi connectivity index (χ0n) is 14.3. The van der Waals surface area contributed by atoms with Crippen LogP contribution in [0.1, 0.15) is 33.1 Å². The summed E-state index contributed by atoms with van der Waals surface area (Å²) in [5, 5.41) is 13.0.